The van der Waals surface area contributed by atoms with E-state index in [1.807, 2.05) is 0 Å². The molecule has 0 aliphatic rings. The van der Waals surface area contributed by atoms with Crippen molar-refractivity contribution in [3.63, 3.8) is 0 Å². The molecule has 92 valence electrons. The second-order valence-corrected chi connectivity index (χ2v) is 3.74. The SMILES string of the molecule is COC(=O)Cc1c(C(=O)OC)cnc(Cl)c1Cl. The van der Waals surface area contributed by atoms with Crippen LogP contribution in [0.3, 0.4) is 0 Å². The Bertz CT molecular complexity index is 462. The Balaban J connectivity index is 3.26. The van der Waals surface area contributed by atoms with Gasteiger partial charge in [-0.05, 0) is 0 Å². The van der Waals surface area contributed by atoms with Crippen LogP contribution in [0, 0.1) is 0 Å². The smallest absolute Gasteiger partial charge is 0.339 e. The van der Waals surface area contributed by atoms with Gasteiger partial charge in [0.25, 0.3) is 0 Å². The van der Waals surface area contributed by atoms with Gasteiger partial charge >= 0.3 is 11.9 Å². The summed E-state index contributed by atoms with van der Waals surface area (Å²) in [6.07, 6.45) is 1.03. The molecular formula is C10H9Cl2NO4. The van der Waals surface area contributed by atoms with Crippen molar-refractivity contribution in [2.45, 2.75) is 6.42 Å². The second kappa shape index (κ2) is 5.84. The normalized spacial score (nSPS) is 9.88. The Hall–Kier alpha value is -1.33. The summed E-state index contributed by atoms with van der Waals surface area (Å²) < 4.78 is 9.06. The molecule has 0 saturated heterocycles. The Morgan fingerprint density at radius 3 is 2.47 bits per heavy atom. The number of ether oxygens (including phenoxy) is 2. The quantitative estimate of drug-likeness (QED) is 0.624. The molecule has 1 aromatic heterocycles. The summed E-state index contributed by atoms with van der Waals surface area (Å²) in [6, 6.07) is 0. The molecule has 1 aromatic rings. The Morgan fingerprint density at radius 1 is 1.29 bits per heavy atom. The predicted molar refractivity (Wildman–Crippen MR) is 61.3 cm³/mol. The summed E-state index contributed by atoms with van der Waals surface area (Å²) in [6.45, 7) is 0. The van der Waals surface area contributed by atoms with Crippen LogP contribution in [0.1, 0.15) is 15.9 Å². The lowest BCUT2D eigenvalue weighted by Gasteiger charge is -2.09. The van der Waals surface area contributed by atoms with Crippen LogP contribution in [0.5, 0.6) is 0 Å². The number of methoxy groups -OCH3 is 2. The van der Waals surface area contributed by atoms with Gasteiger partial charge in [0.1, 0.15) is 5.15 Å². The standard InChI is InChI=1S/C10H9Cl2NO4/c1-16-7(14)3-5-6(10(15)17-2)4-13-9(12)8(5)11/h4H,3H2,1-2H3. The molecule has 0 fully saturated rings. The van der Waals surface area contributed by atoms with Crippen molar-refractivity contribution in [2.24, 2.45) is 0 Å². The fourth-order valence-corrected chi connectivity index (χ4v) is 1.55. The fourth-order valence-electron chi connectivity index (χ4n) is 1.17. The first-order chi connectivity index (χ1) is 8.01. The van der Waals surface area contributed by atoms with Gasteiger partial charge in [-0.2, -0.15) is 0 Å². The molecule has 0 aliphatic heterocycles. The number of rotatable bonds is 3. The number of hydrogen-bond donors (Lipinski definition) is 0. The maximum Gasteiger partial charge on any atom is 0.339 e. The highest BCUT2D eigenvalue weighted by Gasteiger charge is 2.20. The molecule has 17 heavy (non-hydrogen) atoms. The van der Waals surface area contributed by atoms with E-state index in [2.05, 4.69) is 14.5 Å². The molecule has 0 unspecified atom stereocenters. The highest BCUT2D eigenvalue weighted by Crippen LogP contribution is 2.27. The average Bonchev–Trinajstić information content (AvgIpc) is 2.34. The topological polar surface area (TPSA) is 65.5 Å². The summed E-state index contributed by atoms with van der Waals surface area (Å²) in [5.41, 5.74) is 0.331. The first-order valence-electron chi connectivity index (χ1n) is 4.49. The van der Waals surface area contributed by atoms with E-state index < -0.39 is 11.9 Å². The third kappa shape index (κ3) is 3.08. The monoisotopic (exact) mass is 277 g/mol. The van der Waals surface area contributed by atoms with Crippen molar-refractivity contribution in [3.05, 3.63) is 27.5 Å². The van der Waals surface area contributed by atoms with Gasteiger partial charge in [-0.25, -0.2) is 9.78 Å². The molecule has 0 spiro atoms. The highest BCUT2D eigenvalue weighted by atomic mass is 35.5. The van der Waals surface area contributed by atoms with Crippen LogP contribution >= 0.6 is 23.2 Å². The molecule has 1 heterocycles. The Labute approximate surface area is 108 Å². The summed E-state index contributed by atoms with van der Waals surface area (Å²) in [5.74, 6) is -1.19. The van der Waals surface area contributed by atoms with Gasteiger partial charge in [0.2, 0.25) is 0 Å². The molecule has 1 rings (SSSR count). The zero-order chi connectivity index (χ0) is 13.0. The van der Waals surface area contributed by atoms with Gasteiger partial charge in [0, 0.05) is 11.8 Å². The van der Waals surface area contributed by atoms with Gasteiger partial charge in [-0.1, -0.05) is 23.2 Å². The molecule has 0 bridgehead atoms. The number of hydrogen-bond acceptors (Lipinski definition) is 5. The molecule has 0 atom stereocenters. The highest BCUT2D eigenvalue weighted by molar-refractivity contribution is 6.42. The number of esters is 2. The van der Waals surface area contributed by atoms with E-state index in [-0.39, 0.29) is 27.7 Å². The summed E-state index contributed by atoms with van der Waals surface area (Å²) >= 11 is 11.6. The van der Waals surface area contributed by atoms with E-state index in [9.17, 15) is 9.59 Å². The Morgan fingerprint density at radius 2 is 1.94 bits per heavy atom. The van der Waals surface area contributed by atoms with E-state index in [1.165, 1.54) is 20.4 Å². The van der Waals surface area contributed by atoms with Crippen LogP contribution < -0.4 is 0 Å². The molecule has 0 aromatic carbocycles. The third-order valence-electron chi connectivity index (χ3n) is 2.03. The van der Waals surface area contributed by atoms with Crippen LogP contribution in [-0.2, 0) is 20.7 Å². The lowest BCUT2D eigenvalue weighted by molar-refractivity contribution is -0.139. The first kappa shape index (κ1) is 13.7. The maximum atomic E-state index is 11.5. The van der Waals surface area contributed by atoms with E-state index in [4.69, 9.17) is 23.2 Å². The lowest BCUT2D eigenvalue weighted by Crippen LogP contribution is -2.12. The molecule has 7 heteroatoms. The summed E-state index contributed by atoms with van der Waals surface area (Å²) in [7, 11) is 2.45. The van der Waals surface area contributed by atoms with Gasteiger partial charge in [-0.15, -0.1) is 0 Å². The number of pyridine rings is 1. The van der Waals surface area contributed by atoms with Crippen LogP contribution in [-0.4, -0.2) is 31.1 Å². The zero-order valence-corrected chi connectivity index (χ0v) is 10.6. The molecule has 5 nitrogen and oxygen atoms in total. The summed E-state index contributed by atoms with van der Waals surface area (Å²) in [4.78, 5) is 26.4. The van der Waals surface area contributed by atoms with E-state index >= 15 is 0 Å². The molecule has 0 saturated carbocycles. The van der Waals surface area contributed by atoms with E-state index in [0.29, 0.717) is 0 Å². The largest absolute Gasteiger partial charge is 0.469 e. The minimum Gasteiger partial charge on any atom is -0.469 e. The molecular weight excluding hydrogens is 269 g/mol. The number of halogens is 2. The van der Waals surface area contributed by atoms with E-state index in [1.54, 1.807) is 0 Å². The van der Waals surface area contributed by atoms with Crippen LogP contribution in [0.15, 0.2) is 6.20 Å². The van der Waals surface area contributed by atoms with Crippen LogP contribution in [0.4, 0.5) is 0 Å². The van der Waals surface area contributed by atoms with Crippen molar-refractivity contribution in [2.75, 3.05) is 14.2 Å². The number of carbonyl (C=O) groups excluding carboxylic acids is 2. The molecule has 0 amide bonds. The minimum atomic E-state index is -0.644. The van der Waals surface area contributed by atoms with Gasteiger partial charge in [-0.3, -0.25) is 4.79 Å². The third-order valence-corrected chi connectivity index (χ3v) is 2.82. The number of carbonyl (C=O) groups is 2. The second-order valence-electron chi connectivity index (χ2n) is 3.00. The molecule has 0 N–H and O–H groups in total. The van der Waals surface area contributed by atoms with Crippen molar-refractivity contribution in [3.8, 4) is 0 Å². The van der Waals surface area contributed by atoms with Crippen LogP contribution in [0.2, 0.25) is 10.2 Å². The van der Waals surface area contributed by atoms with Crippen molar-refractivity contribution in [1.82, 2.24) is 4.98 Å². The first-order valence-corrected chi connectivity index (χ1v) is 5.24. The van der Waals surface area contributed by atoms with Crippen molar-refractivity contribution >= 4 is 35.1 Å². The minimum absolute atomic E-state index is 0.0122. The number of aromatic nitrogens is 1. The van der Waals surface area contributed by atoms with Gasteiger partial charge < -0.3 is 9.47 Å². The maximum absolute atomic E-state index is 11.5. The van der Waals surface area contributed by atoms with Gasteiger partial charge in [0.15, 0.2) is 0 Å². The van der Waals surface area contributed by atoms with Gasteiger partial charge in [0.05, 0.1) is 31.2 Å². The van der Waals surface area contributed by atoms with E-state index in [0.717, 1.165) is 0 Å². The Kier molecular flexibility index (Phi) is 4.72. The lowest BCUT2D eigenvalue weighted by atomic mass is 10.1. The summed E-state index contributed by atoms with van der Waals surface area (Å²) in [5, 5.41) is 0.0539. The average molecular weight is 278 g/mol. The van der Waals surface area contributed by atoms with Crippen molar-refractivity contribution < 1.29 is 19.1 Å². The predicted octanol–water partition coefficient (Wildman–Crippen LogP) is 1.89. The van der Waals surface area contributed by atoms with Crippen LogP contribution in [0.25, 0.3) is 0 Å². The molecule has 0 aliphatic carbocycles. The van der Waals surface area contributed by atoms with Crippen molar-refractivity contribution in [1.29, 1.82) is 0 Å². The fraction of sp³-hybridized carbons (Fsp3) is 0.300. The molecule has 0 radical (unpaired) electrons. The number of nitrogens with zero attached hydrogens (tertiary/aromatic N) is 1. The zero-order valence-electron chi connectivity index (χ0n) is 9.12.